The molecular weight excluding hydrogens is 254 g/mol. The molecule has 0 saturated carbocycles. The van der Waals surface area contributed by atoms with Gasteiger partial charge in [-0.05, 0) is 51.4 Å². The predicted octanol–water partition coefficient (Wildman–Crippen LogP) is 2.17. The summed E-state index contributed by atoms with van der Waals surface area (Å²) < 4.78 is 0. The average Bonchev–Trinajstić information content (AvgIpc) is 2.37. The molecular formula is C15H23N3O2. The lowest BCUT2D eigenvalue weighted by Gasteiger charge is -2.35. The lowest BCUT2D eigenvalue weighted by atomic mass is 9.98. The minimum absolute atomic E-state index is 0.175. The van der Waals surface area contributed by atoms with Crippen LogP contribution in [0.2, 0.25) is 0 Å². The summed E-state index contributed by atoms with van der Waals surface area (Å²) in [6.45, 7) is 5.10. The smallest absolute Gasteiger partial charge is 0.337 e. The molecule has 20 heavy (non-hydrogen) atoms. The molecule has 2 atom stereocenters. The number of nitrogens with two attached hydrogens (primary N) is 1. The number of anilines is 2. The van der Waals surface area contributed by atoms with Gasteiger partial charge in [0.05, 0.1) is 5.56 Å². The van der Waals surface area contributed by atoms with E-state index in [1.54, 1.807) is 6.07 Å². The molecule has 5 nitrogen and oxygen atoms in total. The summed E-state index contributed by atoms with van der Waals surface area (Å²) in [5.41, 5.74) is 7.97. The highest BCUT2D eigenvalue weighted by atomic mass is 16.4. The van der Waals surface area contributed by atoms with Crippen LogP contribution in [0.5, 0.6) is 0 Å². The van der Waals surface area contributed by atoms with E-state index in [9.17, 15) is 9.90 Å². The molecule has 2 unspecified atom stereocenters. The maximum atomic E-state index is 11.2. The number of carboxylic acids is 1. The quantitative estimate of drug-likeness (QED) is 0.738. The van der Waals surface area contributed by atoms with Crippen molar-refractivity contribution in [3.63, 3.8) is 0 Å². The maximum absolute atomic E-state index is 11.2. The number of benzene rings is 1. The monoisotopic (exact) mass is 277 g/mol. The van der Waals surface area contributed by atoms with E-state index in [2.05, 4.69) is 24.2 Å². The summed E-state index contributed by atoms with van der Waals surface area (Å²) in [5, 5.41) is 12.6. The number of hydrogen-bond acceptors (Lipinski definition) is 4. The van der Waals surface area contributed by atoms with E-state index in [0.717, 1.165) is 30.6 Å². The number of aryl methyl sites for hydroxylation is 1. The fourth-order valence-electron chi connectivity index (χ4n) is 2.71. The van der Waals surface area contributed by atoms with Crippen LogP contribution in [-0.4, -0.2) is 41.7 Å². The van der Waals surface area contributed by atoms with Crippen LogP contribution in [0, 0.1) is 6.92 Å². The Bertz CT molecular complexity index is 516. The first-order valence-electron chi connectivity index (χ1n) is 6.98. The second-order valence-electron chi connectivity index (χ2n) is 5.75. The number of likely N-dealkylation sites (tertiary alicyclic amines) is 1. The minimum Gasteiger partial charge on any atom is -0.478 e. The maximum Gasteiger partial charge on any atom is 0.337 e. The molecule has 0 spiro atoms. The van der Waals surface area contributed by atoms with Gasteiger partial charge in [-0.3, -0.25) is 0 Å². The van der Waals surface area contributed by atoms with Gasteiger partial charge in [-0.2, -0.15) is 0 Å². The Morgan fingerprint density at radius 1 is 1.50 bits per heavy atom. The number of nitrogens with one attached hydrogen (secondary N) is 1. The molecule has 1 aliphatic heterocycles. The molecule has 4 N–H and O–H groups in total. The molecule has 1 heterocycles. The number of nitrogen functional groups attached to an aromatic ring is 1. The van der Waals surface area contributed by atoms with Gasteiger partial charge >= 0.3 is 5.97 Å². The summed E-state index contributed by atoms with van der Waals surface area (Å²) in [5.74, 6) is -0.981. The molecule has 0 bridgehead atoms. The van der Waals surface area contributed by atoms with Crippen molar-refractivity contribution in [2.24, 2.45) is 0 Å². The van der Waals surface area contributed by atoms with Gasteiger partial charge in [0.2, 0.25) is 0 Å². The first kappa shape index (κ1) is 14.7. The van der Waals surface area contributed by atoms with Crippen molar-refractivity contribution in [3.8, 4) is 0 Å². The molecule has 5 heteroatoms. The lowest BCUT2D eigenvalue weighted by molar-refractivity contribution is 0.0698. The van der Waals surface area contributed by atoms with Crippen molar-refractivity contribution >= 4 is 17.3 Å². The Morgan fingerprint density at radius 3 is 2.80 bits per heavy atom. The fraction of sp³-hybridized carbons (Fsp3) is 0.533. The summed E-state index contributed by atoms with van der Waals surface area (Å²) in [4.78, 5) is 13.5. The van der Waals surface area contributed by atoms with Crippen LogP contribution in [-0.2, 0) is 0 Å². The van der Waals surface area contributed by atoms with E-state index in [-0.39, 0.29) is 5.56 Å². The number of nitrogens with zero attached hydrogens (tertiary/aromatic N) is 1. The molecule has 1 aliphatic rings. The van der Waals surface area contributed by atoms with Crippen LogP contribution in [0.3, 0.4) is 0 Å². The van der Waals surface area contributed by atoms with Crippen LogP contribution in [0.25, 0.3) is 0 Å². The SMILES string of the molecule is Cc1cc(NC2CCN(C)C(C)C2)cc(C(=O)O)c1N. The van der Waals surface area contributed by atoms with Crippen molar-refractivity contribution in [1.82, 2.24) is 4.90 Å². The standard InChI is InChI=1S/C15H23N3O2/c1-9-6-12(8-13(14(9)16)15(19)20)17-11-4-5-18(3)10(2)7-11/h6,8,10-11,17H,4-5,7,16H2,1-3H3,(H,19,20). The van der Waals surface area contributed by atoms with Gasteiger partial charge in [-0.25, -0.2) is 4.79 Å². The second kappa shape index (κ2) is 5.71. The Kier molecular flexibility index (Phi) is 4.18. The third-order valence-corrected chi connectivity index (χ3v) is 4.20. The minimum atomic E-state index is -0.981. The highest BCUT2D eigenvalue weighted by molar-refractivity contribution is 5.95. The van der Waals surface area contributed by atoms with Crippen molar-refractivity contribution in [1.29, 1.82) is 0 Å². The molecule has 1 saturated heterocycles. The number of piperidine rings is 1. The van der Waals surface area contributed by atoms with E-state index in [0.29, 0.717) is 17.8 Å². The first-order valence-corrected chi connectivity index (χ1v) is 6.98. The van der Waals surface area contributed by atoms with Crippen LogP contribution in [0.1, 0.15) is 35.7 Å². The third-order valence-electron chi connectivity index (χ3n) is 4.20. The van der Waals surface area contributed by atoms with E-state index in [1.807, 2.05) is 13.0 Å². The highest BCUT2D eigenvalue weighted by Gasteiger charge is 2.23. The average molecular weight is 277 g/mol. The van der Waals surface area contributed by atoms with Gasteiger partial charge in [0.15, 0.2) is 0 Å². The van der Waals surface area contributed by atoms with Crippen LogP contribution >= 0.6 is 0 Å². The molecule has 1 aromatic rings. The first-order chi connectivity index (χ1) is 9.38. The third kappa shape index (κ3) is 3.04. The van der Waals surface area contributed by atoms with Gasteiger partial charge in [-0.1, -0.05) is 0 Å². The zero-order valence-corrected chi connectivity index (χ0v) is 12.3. The second-order valence-corrected chi connectivity index (χ2v) is 5.75. The Labute approximate surface area is 119 Å². The Balaban J connectivity index is 2.16. The van der Waals surface area contributed by atoms with Crippen molar-refractivity contribution in [2.75, 3.05) is 24.6 Å². The molecule has 110 valence electrons. The largest absolute Gasteiger partial charge is 0.478 e. The molecule has 0 radical (unpaired) electrons. The number of carboxylic acid groups (broad SMARTS) is 1. The van der Waals surface area contributed by atoms with Crippen LogP contribution < -0.4 is 11.1 Å². The zero-order chi connectivity index (χ0) is 14.9. The van der Waals surface area contributed by atoms with Crippen molar-refractivity contribution in [2.45, 2.75) is 38.8 Å². The zero-order valence-electron chi connectivity index (χ0n) is 12.3. The van der Waals surface area contributed by atoms with Gasteiger partial charge in [0.1, 0.15) is 0 Å². The van der Waals surface area contributed by atoms with Crippen LogP contribution in [0.15, 0.2) is 12.1 Å². The summed E-state index contributed by atoms with van der Waals surface area (Å²) in [6, 6.07) is 4.47. The highest BCUT2D eigenvalue weighted by Crippen LogP contribution is 2.25. The Hall–Kier alpha value is -1.75. The van der Waals surface area contributed by atoms with E-state index < -0.39 is 5.97 Å². The normalized spacial score (nSPS) is 23.6. The van der Waals surface area contributed by atoms with Crippen LogP contribution in [0.4, 0.5) is 11.4 Å². The predicted molar refractivity (Wildman–Crippen MR) is 81.3 cm³/mol. The molecule has 0 aliphatic carbocycles. The van der Waals surface area contributed by atoms with Gasteiger partial charge in [-0.15, -0.1) is 0 Å². The topological polar surface area (TPSA) is 78.6 Å². The number of carbonyl (C=O) groups is 1. The van der Waals surface area contributed by atoms with E-state index >= 15 is 0 Å². The number of rotatable bonds is 3. The molecule has 0 amide bonds. The summed E-state index contributed by atoms with van der Waals surface area (Å²) in [7, 11) is 2.14. The van der Waals surface area contributed by atoms with Crippen molar-refractivity contribution in [3.05, 3.63) is 23.3 Å². The fourth-order valence-corrected chi connectivity index (χ4v) is 2.71. The molecule has 1 fully saturated rings. The molecule has 2 rings (SSSR count). The van der Waals surface area contributed by atoms with Crippen molar-refractivity contribution < 1.29 is 9.90 Å². The summed E-state index contributed by atoms with van der Waals surface area (Å²) in [6.07, 6.45) is 2.12. The lowest BCUT2D eigenvalue weighted by Crippen LogP contribution is -2.42. The van der Waals surface area contributed by atoms with Gasteiger partial charge in [0.25, 0.3) is 0 Å². The number of hydrogen-bond donors (Lipinski definition) is 3. The summed E-state index contributed by atoms with van der Waals surface area (Å²) >= 11 is 0. The van der Waals surface area contributed by atoms with Gasteiger partial charge in [0, 0.05) is 30.0 Å². The van der Waals surface area contributed by atoms with E-state index in [4.69, 9.17) is 5.73 Å². The Morgan fingerprint density at radius 2 is 2.20 bits per heavy atom. The van der Waals surface area contributed by atoms with E-state index in [1.165, 1.54) is 0 Å². The molecule has 0 aromatic heterocycles. The number of aromatic carboxylic acids is 1. The van der Waals surface area contributed by atoms with Gasteiger partial charge < -0.3 is 21.1 Å². The molecule has 1 aromatic carbocycles.